The Morgan fingerprint density at radius 3 is 2.50 bits per heavy atom. The van der Waals surface area contributed by atoms with E-state index in [1.54, 1.807) is 0 Å². The quantitative estimate of drug-likeness (QED) is 0.727. The van der Waals surface area contributed by atoms with Gasteiger partial charge in [-0.25, -0.2) is 0 Å². The van der Waals surface area contributed by atoms with Crippen LogP contribution in [0.2, 0.25) is 0 Å². The molecule has 1 aliphatic carbocycles. The molecular weight excluding hydrogens is 174 g/mol. The molecular formula is C12H25NO. The molecule has 1 aliphatic rings. The highest BCUT2D eigenvalue weighted by atomic mass is 16.3. The molecule has 0 aromatic carbocycles. The van der Waals surface area contributed by atoms with Crippen molar-refractivity contribution in [1.82, 2.24) is 5.32 Å². The van der Waals surface area contributed by atoms with Crippen molar-refractivity contribution < 1.29 is 5.11 Å². The van der Waals surface area contributed by atoms with Gasteiger partial charge < -0.3 is 10.4 Å². The molecule has 2 N–H and O–H groups in total. The van der Waals surface area contributed by atoms with Crippen LogP contribution in [-0.2, 0) is 0 Å². The summed E-state index contributed by atoms with van der Waals surface area (Å²) in [4.78, 5) is 0. The summed E-state index contributed by atoms with van der Waals surface area (Å²) < 4.78 is 0. The molecule has 0 aromatic heterocycles. The second-order valence-electron chi connectivity index (χ2n) is 5.82. The van der Waals surface area contributed by atoms with E-state index < -0.39 is 0 Å². The molecule has 14 heavy (non-hydrogen) atoms. The maximum atomic E-state index is 9.65. The average Bonchev–Trinajstić information content (AvgIpc) is 2.41. The van der Waals surface area contributed by atoms with Gasteiger partial charge in [0.2, 0.25) is 0 Å². The zero-order valence-corrected chi connectivity index (χ0v) is 10.0. The smallest absolute Gasteiger partial charge is 0.0687 e. The molecule has 0 heterocycles. The summed E-state index contributed by atoms with van der Waals surface area (Å²) in [6, 6.07) is 0.624. The Balaban J connectivity index is 2.21. The summed E-state index contributed by atoms with van der Waals surface area (Å²) in [5.41, 5.74) is 0.500. The van der Waals surface area contributed by atoms with E-state index in [1.165, 1.54) is 19.3 Å². The van der Waals surface area contributed by atoms with Gasteiger partial charge in [-0.2, -0.15) is 0 Å². The number of rotatable bonds is 4. The summed E-state index contributed by atoms with van der Waals surface area (Å²) in [6.07, 6.45) is 3.62. The molecule has 2 nitrogen and oxygen atoms in total. The molecule has 0 bridgehead atoms. The van der Waals surface area contributed by atoms with Crippen molar-refractivity contribution >= 4 is 0 Å². The third kappa shape index (κ3) is 3.58. The first kappa shape index (κ1) is 12.0. The molecule has 84 valence electrons. The van der Waals surface area contributed by atoms with Gasteiger partial charge in [-0.05, 0) is 30.6 Å². The molecule has 0 radical (unpaired) electrons. The summed E-state index contributed by atoms with van der Waals surface area (Å²) >= 11 is 0. The normalized spacial score (nSPS) is 28.3. The van der Waals surface area contributed by atoms with E-state index in [0.29, 0.717) is 17.4 Å². The molecule has 0 aliphatic heterocycles. The van der Waals surface area contributed by atoms with Crippen molar-refractivity contribution in [1.29, 1.82) is 0 Å². The number of nitrogens with one attached hydrogen (secondary N) is 1. The largest absolute Gasteiger partial charge is 0.392 e. The molecule has 0 aromatic rings. The predicted octanol–water partition coefficient (Wildman–Crippen LogP) is 2.17. The van der Waals surface area contributed by atoms with Crippen LogP contribution in [-0.4, -0.2) is 23.8 Å². The van der Waals surface area contributed by atoms with Gasteiger partial charge in [0.15, 0.2) is 0 Å². The first-order chi connectivity index (χ1) is 6.41. The molecule has 0 saturated heterocycles. The van der Waals surface area contributed by atoms with Crippen LogP contribution in [0.5, 0.6) is 0 Å². The summed E-state index contributed by atoms with van der Waals surface area (Å²) in [7, 11) is 0. The Labute approximate surface area is 88.1 Å². The predicted molar refractivity (Wildman–Crippen MR) is 60.3 cm³/mol. The van der Waals surface area contributed by atoms with Crippen molar-refractivity contribution in [3.05, 3.63) is 0 Å². The maximum Gasteiger partial charge on any atom is 0.0687 e. The fourth-order valence-corrected chi connectivity index (χ4v) is 2.13. The lowest BCUT2D eigenvalue weighted by molar-refractivity contribution is 0.119. The van der Waals surface area contributed by atoms with Gasteiger partial charge in [-0.15, -0.1) is 0 Å². The van der Waals surface area contributed by atoms with Crippen LogP contribution in [0.4, 0.5) is 0 Å². The molecule has 1 rings (SSSR count). The standard InChI is InChI=1S/C12H25NO/c1-9(2)11(14)8-13-10-5-6-12(3,4)7-10/h9-11,13-14H,5-8H2,1-4H3. The van der Waals surface area contributed by atoms with Gasteiger partial charge in [0.05, 0.1) is 6.10 Å². The van der Waals surface area contributed by atoms with Crippen molar-refractivity contribution in [2.75, 3.05) is 6.54 Å². The fraction of sp³-hybridized carbons (Fsp3) is 1.00. The van der Waals surface area contributed by atoms with Gasteiger partial charge >= 0.3 is 0 Å². The molecule has 2 atom stereocenters. The Kier molecular flexibility index (Phi) is 3.96. The Bertz CT molecular complexity index is 177. The number of aliphatic hydroxyl groups excluding tert-OH is 1. The first-order valence-corrected chi connectivity index (χ1v) is 5.82. The van der Waals surface area contributed by atoms with Crippen LogP contribution in [0.15, 0.2) is 0 Å². The summed E-state index contributed by atoms with van der Waals surface area (Å²) in [6.45, 7) is 9.52. The Morgan fingerprint density at radius 1 is 1.43 bits per heavy atom. The lowest BCUT2D eigenvalue weighted by atomic mass is 9.92. The molecule has 2 unspecified atom stereocenters. The van der Waals surface area contributed by atoms with Gasteiger partial charge in [0, 0.05) is 12.6 Å². The summed E-state index contributed by atoms with van der Waals surface area (Å²) in [5, 5.41) is 13.1. The second-order valence-corrected chi connectivity index (χ2v) is 5.82. The maximum absolute atomic E-state index is 9.65. The third-order valence-electron chi connectivity index (χ3n) is 3.35. The topological polar surface area (TPSA) is 32.3 Å². The van der Waals surface area contributed by atoms with Crippen molar-refractivity contribution in [3.8, 4) is 0 Å². The molecule has 1 fully saturated rings. The monoisotopic (exact) mass is 199 g/mol. The minimum absolute atomic E-state index is 0.196. The van der Waals surface area contributed by atoms with E-state index in [2.05, 4.69) is 33.0 Å². The van der Waals surface area contributed by atoms with E-state index >= 15 is 0 Å². The summed E-state index contributed by atoms with van der Waals surface area (Å²) in [5.74, 6) is 0.358. The Morgan fingerprint density at radius 2 is 2.07 bits per heavy atom. The highest BCUT2D eigenvalue weighted by Crippen LogP contribution is 2.36. The zero-order valence-electron chi connectivity index (χ0n) is 10.0. The number of aliphatic hydroxyl groups is 1. The molecule has 2 heteroatoms. The highest BCUT2D eigenvalue weighted by Gasteiger charge is 2.30. The lowest BCUT2D eigenvalue weighted by Gasteiger charge is -2.20. The van der Waals surface area contributed by atoms with Crippen molar-refractivity contribution in [2.24, 2.45) is 11.3 Å². The van der Waals surface area contributed by atoms with Gasteiger partial charge in [-0.3, -0.25) is 0 Å². The van der Waals surface area contributed by atoms with Gasteiger partial charge in [0.25, 0.3) is 0 Å². The Hall–Kier alpha value is -0.0800. The number of hydrogen-bond donors (Lipinski definition) is 2. The molecule has 0 spiro atoms. The first-order valence-electron chi connectivity index (χ1n) is 5.82. The molecule has 0 amide bonds. The van der Waals surface area contributed by atoms with E-state index in [1.807, 2.05) is 0 Å². The highest BCUT2D eigenvalue weighted by molar-refractivity contribution is 4.86. The van der Waals surface area contributed by atoms with Gasteiger partial charge in [0.1, 0.15) is 0 Å². The van der Waals surface area contributed by atoms with E-state index in [4.69, 9.17) is 0 Å². The van der Waals surface area contributed by atoms with Crippen molar-refractivity contribution in [2.45, 2.75) is 59.1 Å². The minimum atomic E-state index is -0.196. The lowest BCUT2D eigenvalue weighted by Crippen LogP contribution is -2.36. The van der Waals surface area contributed by atoms with Crippen LogP contribution in [0.3, 0.4) is 0 Å². The SMILES string of the molecule is CC(C)C(O)CNC1CCC(C)(C)C1. The van der Waals surface area contributed by atoms with Gasteiger partial charge in [-0.1, -0.05) is 27.7 Å². The fourth-order valence-electron chi connectivity index (χ4n) is 2.13. The minimum Gasteiger partial charge on any atom is -0.392 e. The van der Waals surface area contributed by atoms with Crippen LogP contribution in [0.1, 0.15) is 47.0 Å². The van der Waals surface area contributed by atoms with E-state index in [-0.39, 0.29) is 6.10 Å². The molecule has 1 saturated carbocycles. The van der Waals surface area contributed by atoms with E-state index in [0.717, 1.165) is 6.54 Å². The van der Waals surface area contributed by atoms with Crippen LogP contribution >= 0.6 is 0 Å². The number of hydrogen-bond acceptors (Lipinski definition) is 2. The van der Waals surface area contributed by atoms with E-state index in [9.17, 15) is 5.11 Å². The van der Waals surface area contributed by atoms with Crippen LogP contribution < -0.4 is 5.32 Å². The zero-order chi connectivity index (χ0) is 10.8. The van der Waals surface area contributed by atoms with Crippen LogP contribution in [0.25, 0.3) is 0 Å². The second kappa shape index (κ2) is 4.63. The average molecular weight is 199 g/mol. The van der Waals surface area contributed by atoms with Crippen LogP contribution in [0, 0.1) is 11.3 Å². The third-order valence-corrected chi connectivity index (χ3v) is 3.35. The van der Waals surface area contributed by atoms with Crippen molar-refractivity contribution in [3.63, 3.8) is 0 Å².